The smallest absolute Gasteiger partial charge is 0.229 e. The molecule has 204 valence electrons. The molecule has 0 spiro atoms. The van der Waals surface area contributed by atoms with Gasteiger partial charge in [0.1, 0.15) is 28.9 Å². The molecule has 2 aromatic heterocycles. The number of nitrogens with one attached hydrogen (secondary N) is 2. The molecule has 10 nitrogen and oxygen atoms in total. The molecule has 5 rings (SSSR count). The van der Waals surface area contributed by atoms with Gasteiger partial charge in [0.05, 0.1) is 30.8 Å². The molecule has 0 aliphatic carbocycles. The van der Waals surface area contributed by atoms with Gasteiger partial charge >= 0.3 is 0 Å². The number of ether oxygens (including phenoxy) is 1. The first-order chi connectivity index (χ1) is 18.7. The molecule has 39 heavy (non-hydrogen) atoms. The van der Waals surface area contributed by atoms with E-state index in [0.717, 1.165) is 11.3 Å². The van der Waals surface area contributed by atoms with Crippen molar-refractivity contribution in [3.8, 4) is 11.4 Å². The Labute approximate surface area is 230 Å². The first-order valence-electron chi connectivity index (χ1n) is 12.2. The number of fused-ring (bicyclic) bond motifs is 1. The number of nitrogens with zero attached hydrogens (tertiary/aromatic N) is 5. The summed E-state index contributed by atoms with van der Waals surface area (Å²) in [7, 11) is -2.04. The van der Waals surface area contributed by atoms with Crippen LogP contribution >= 0.6 is 11.6 Å². The summed E-state index contributed by atoms with van der Waals surface area (Å²) < 4.78 is 48.1. The van der Waals surface area contributed by atoms with Gasteiger partial charge in [-0.15, -0.1) is 0 Å². The first-order valence-corrected chi connectivity index (χ1v) is 14.4. The molecule has 1 aliphatic heterocycles. The fourth-order valence-electron chi connectivity index (χ4n) is 4.69. The molecule has 0 saturated carbocycles. The van der Waals surface area contributed by atoms with E-state index in [1.165, 1.54) is 22.7 Å². The van der Waals surface area contributed by atoms with Crippen molar-refractivity contribution in [1.82, 2.24) is 23.8 Å². The average Bonchev–Trinajstić information content (AvgIpc) is 3.34. The lowest BCUT2D eigenvalue weighted by atomic mass is 9.94. The second kappa shape index (κ2) is 10.8. The number of aromatic nitrogens is 4. The summed E-state index contributed by atoms with van der Waals surface area (Å²) in [4.78, 5) is 13.6. The van der Waals surface area contributed by atoms with E-state index in [4.69, 9.17) is 26.3 Å². The summed E-state index contributed by atoms with van der Waals surface area (Å²) in [6, 6.07) is 10.5. The van der Waals surface area contributed by atoms with Gasteiger partial charge in [-0.25, -0.2) is 22.8 Å². The highest BCUT2D eigenvalue weighted by Gasteiger charge is 2.37. The molecule has 0 saturated heterocycles. The Morgan fingerprint density at radius 2 is 1.95 bits per heavy atom. The van der Waals surface area contributed by atoms with Crippen molar-refractivity contribution < 1.29 is 17.5 Å². The first kappa shape index (κ1) is 26.9. The van der Waals surface area contributed by atoms with Gasteiger partial charge < -0.3 is 19.9 Å². The molecule has 0 bridgehead atoms. The zero-order valence-electron chi connectivity index (χ0n) is 21.5. The van der Waals surface area contributed by atoms with Crippen LogP contribution in [0.2, 0.25) is 5.15 Å². The van der Waals surface area contributed by atoms with E-state index >= 15 is 0 Å². The second-order valence-electron chi connectivity index (χ2n) is 8.98. The fraction of sp³-hybridized carbons (Fsp3) is 0.269. The lowest BCUT2D eigenvalue weighted by Gasteiger charge is -2.35. The number of benzene rings is 2. The molecule has 2 aromatic carbocycles. The van der Waals surface area contributed by atoms with E-state index in [1.807, 2.05) is 19.1 Å². The summed E-state index contributed by atoms with van der Waals surface area (Å²) >= 11 is 5.98. The summed E-state index contributed by atoms with van der Waals surface area (Å²) in [6.07, 6.45) is 4.86. The number of rotatable bonds is 8. The third kappa shape index (κ3) is 5.54. The fourth-order valence-corrected chi connectivity index (χ4v) is 5.86. The summed E-state index contributed by atoms with van der Waals surface area (Å²) in [5.74, 6) is 1.04. The molecule has 1 aliphatic rings. The van der Waals surface area contributed by atoms with Crippen molar-refractivity contribution >= 4 is 39.1 Å². The molecular formula is C26H27ClFN7O3S. The highest BCUT2D eigenvalue weighted by molar-refractivity contribution is 7.88. The summed E-state index contributed by atoms with van der Waals surface area (Å²) in [6.45, 7) is 2.81. The van der Waals surface area contributed by atoms with Gasteiger partial charge in [-0.2, -0.15) is 9.29 Å². The predicted molar refractivity (Wildman–Crippen MR) is 148 cm³/mol. The summed E-state index contributed by atoms with van der Waals surface area (Å²) in [5.41, 5.74) is 3.35. The van der Waals surface area contributed by atoms with Crippen LogP contribution in [0, 0.1) is 5.82 Å². The molecule has 2 N–H and O–H groups in total. The van der Waals surface area contributed by atoms with Crippen molar-refractivity contribution in [2.75, 3.05) is 37.1 Å². The van der Waals surface area contributed by atoms with Crippen molar-refractivity contribution in [1.29, 1.82) is 0 Å². The number of hydrogen-bond acceptors (Lipinski definition) is 8. The lowest BCUT2D eigenvalue weighted by molar-refractivity contribution is 0.340. The van der Waals surface area contributed by atoms with E-state index in [0.29, 0.717) is 46.6 Å². The maximum atomic E-state index is 13.8. The maximum absolute atomic E-state index is 13.8. The van der Waals surface area contributed by atoms with Crippen LogP contribution in [0.4, 0.5) is 21.8 Å². The molecule has 1 unspecified atom stereocenters. The zero-order chi connectivity index (χ0) is 27.7. The Bertz CT molecular complexity index is 1610. The number of imidazole rings is 1. The Hall–Kier alpha value is -3.74. The minimum absolute atomic E-state index is 0.249. The van der Waals surface area contributed by atoms with Gasteiger partial charge in [0.25, 0.3) is 0 Å². The number of methoxy groups -OCH3 is 1. The highest BCUT2D eigenvalue weighted by atomic mass is 35.5. The number of anilines is 3. The molecule has 0 amide bonds. The quantitative estimate of drug-likeness (QED) is 0.317. The molecule has 4 aromatic rings. The van der Waals surface area contributed by atoms with Crippen LogP contribution in [0.1, 0.15) is 29.8 Å². The Morgan fingerprint density at radius 1 is 1.18 bits per heavy atom. The van der Waals surface area contributed by atoms with Crippen LogP contribution in [0.15, 0.2) is 55.0 Å². The monoisotopic (exact) mass is 571 g/mol. The average molecular weight is 572 g/mol. The molecule has 0 radical (unpaired) electrons. The van der Waals surface area contributed by atoms with Gasteiger partial charge in [0, 0.05) is 36.6 Å². The molecule has 0 fully saturated rings. The normalized spacial score (nSPS) is 15.6. The van der Waals surface area contributed by atoms with Gasteiger partial charge in [-0.05, 0) is 43.2 Å². The van der Waals surface area contributed by atoms with Crippen molar-refractivity contribution in [2.24, 2.45) is 0 Å². The van der Waals surface area contributed by atoms with E-state index in [1.54, 1.807) is 42.4 Å². The highest BCUT2D eigenvalue weighted by Crippen LogP contribution is 2.39. The van der Waals surface area contributed by atoms with Crippen LogP contribution in [-0.4, -0.2) is 58.7 Å². The van der Waals surface area contributed by atoms with Gasteiger partial charge in [-0.1, -0.05) is 23.7 Å². The largest absolute Gasteiger partial charge is 0.494 e. The lowest BCUT2D eigenvalue weighted by Crippen LogP contribution is -2.41. The molecule has 1 atom stereocenters. The minimum Gasteiger partial charge on any atom is -0.494 e. The maximum Gasteiger partial charge on any atom is 0.229 e. The molecular weight excluding hydrogens is 545 g/mol. The Morgan fingerprint density at radius 3 is 2.59 bits per heavy atom. The van der Waals surface area contributed by atoms with Gasteiger partial charge in [0.15, 0.2) is 0 Å². The third-order valence-electron chi connectivity index (χ3n) is 6.39. The van der Waals surface area contributed by atoms with E-state index in [2.05, 4.69) is 15.6 Å². The van der Waals surface area contributed by atoms with Gasteiger partial charge in [-0.3, -0.25) is 0 Å². The third-order valence-corrected chi connectivity index (χ3v) is 7.83. The van der Waals surface area contributed by atoms with Crippen molar-refractivity contribution in [3.05, 3.63) is 82.8 Å². The van der Waals surface area contributed by atoms with Crippen LogP contribution in [0.25, 0.3) is 5.69 Å². The van der Waals surface area contributed by atoms with Crippen molar-refractivity contribution in [2.45, 2.75) is 19.4 Å². The van der Waals surface area contributed by atoms with Gasteiger partial charge in [0.2, 0.25) is 16.0 Å². The van der Waals surface area contributed by atoms with Crippen LogP contribution in [0.3, 0.4) is 0 Å². The minimum atomic E-state index is -3.61. The predicted octanol–water partition coefficient (Wildman–Crippen LogP) is 4.55. The standard InChI is InChI=1S/C26H27ClFN7O3S/c1-4-29-25-19-11-12-35(39(3,36)37)24(16-5-7-17(28)8-6-16)23(19)32-26(33-25)31-18-9-10-20(21(13-18)38-2)34-14-22(27)30-15-34/h5-10,13-15,24H,4,11-12H2,1-3H3,(H2,29,31,32,33). The number of halogens is 2. The van der Waals surface area contributed by atoms with E-state index in [-0.39, 0.29) is 12.5 Å². The van der Waals surface area contributed by atoms with Crippen LogP contribution in [-0.2, 0) is 16.4 Å². The zero-order valence-corrected chi connectivity index (χ0v) is 23.1. The van der Waals surface area contributed by atoms with E-state index < -0.39 is 21.9 Å². The number of hydrogen-bond donors (Lipinski definition) is 2. The van der Waals surface area contributed by atoms with Crippen LogP contribution in [0.5, 0.6) is 5.75 Å². The molecule has 3 heterocycles. The van der Waals surface area contributed by atoms with Crippen molar-refractivity contribution in [3.63, 3.8) is 0 Å². The second-order valence-corrected chi connectivity index (χ2v) is 11.3. The Kier molecular flexibility index (Phi) is 7.43. The summed E-state index contributed by atoms with van der Waals surface area (Å²) in [5, 5.41) is 6.87. The van der Waals surface area contributed by atoms with Crippen LogP contribution < -0.4 is 15.4 Å². The van der Waals surface area contributed by atoms with E-state index in [9.17, 15) is 12.8 Å². The molecule has 13 heteroatoms. The topological polar surface area (TPSA) is 114 Å². The number of sulfonamides is 1. The Balaban J connectivity index is 1.59. The SMILES string of the molecule is CCNc1nc(Nc2ccc(-n3cnc(Cl)c3)c(OC)c2)nc2c1CCN(S(C)(=O)=O)C2c1ccc(F)cc1.